The molecule has 2 atom stereocenters. The summed E-state index contributed by atoms with van der Waals surface area (Å²) in [5.74, 6) is -0.929. The number of rotatable bonds is 5. The van der Waals surface area contributed by atoms with Gasteiger partial charge in [-0.2, -0.15) is 0 Å². The van der Waals surface area contributed by atoms with Gasteiger partial charge in [0.2, 0.25) is 0 Å². The van der Waals surface area contributed by atoms with Gasteiger partial charge in [0.05, 0.1) is 0 Å². The number of hydrogen-bond donors (Lipinski definition) is 2. The summed E-state index contributed by atoms with van der Waals surface area (Å²) in [6.45, 7) is 2.46. The van der Waals surface area contributed by atoms with Crippen LogP contribution >= 0.6 is 0 Å². The van der Waals surface area contributed by atoms with Crippen LogP contribution < -0.4 is 5.73 Å². The Balaban J connectivity index is 2.29. The van der Waals surface area contributed by atoms with Crippen LogP contribution in [0.2, 0.25) is 0 Å². The second-order valence-corrected chi connectivity index (χ2v) is 4.44. The lowest BCUT2D eigenvalue weighted by Gasteiger charge is -2.26. The standard InChI is InChI=1S/C10H21N3O2/c1-12(7-9(11)10(14)15)6-8-4-3-5-13(8)2/h8-9H,3-7,11H2,1-2H3,(H,14,15). The maximum absolute atomic E-state index is 10.6. The molecule has 5 nitrogen and oxygen atoms in total. The fourth-order valence-electron chi connectivity index (χ4n) is 2.06. The minimum absolute atomic E-state index is 0.416. The summed E-state index contributed by atoms with van der Waals surface area (Å²) in [6, 6.07) is -0.224. The van der Waals surface area contributed by atoms with Crippen LogP contribution in [-0.4, -0.2) is 66.7 Å². The maximum atomic E-state index is 10.6. The lowest BCUT2D eigenvalue weighted by Crippen LogP contribution is -2.45. The summed E-state index contributed by atoms with van der Waals surface area (Å²) in [4.78, 5) is 14.9. The summed E-state index contributed by atoms with van der Waals surface area (Å²) in [5, 5.41) is 8.68. The van der Waals surface area contributed by atoms with Gasteiger partial charge >= 0.3 is 5.97 Å². The molecule has 0 radical (unpaired) electrons. The predicted molar refractivity (Wildman–Crippen MR) is 58.8 cm³/mol. The van der Waals surface area contributed by atoms with Crippen molar-refractivity contribution in [3.63, 3.8) is 0 Å². The van der Waals surface area contributed by atoms with E-state index in [-0.39, 0.29) is 0 Å². The third-order valence-electron chi connectivity index (χ3n) is 3.02. The van der Waals surface area contributed by atoms with Crippen LogP contribution in [0.4, 0.5) is 0 Å². The molecule has 0 bridgehead atoms. The molecule has 0 saturated carbocycles. The number of nitrogens with two attached hydrogens (primary N) is 1. The van der Waals surface area contributed by atoms with Gasteiger partial charge in [0.15, 0.2) is 0 Å². The first kappa shape index (κ1) is 12.4. The molecule has 88 valence electrons. The van der Waals surface area contributed by atoms with Gasteiger partial charge in [0.1, 0.15) is 6.04 Å². The molecular weight excluding hydrogens is 194 g/mol. The number of likely N-dealkylation sites (N-methyl/N-ethyl adjacent to an activating group) is 2. The Morgan fingerprint density at radius 1 is 1.73 bits per heavy atom. The fraction of sp³-hybridized carbons (Fsp3) is 0.900. The van der Waals surface area contributed by atoms with Gasteiger partial charge in [0, 0.05) is 19.1 Å². The molecule has 1 saturated heterocycles. The summed E-state index contributed by atoms with van der Waals surface area (Å²) in [6.07, 6.45) is 2.43. The van der Waals surface area contributed by atoms with Gasteiger partial charge in [0.25, 0.3) is 0 Å². The zero-order valence-corrected chi connectivity index (χ0v) is 9.52. The number of aliphatic carboxylic acids is 1. The van der Waals surface area contributed by atoms with E-state index in [9.17, 15) is 4.79 Å². The average Bonchev–Trinajstić information content (AvgIpc) is 2.51. The molecule has 0 aromatic rings. The summed E-state index contributed by atoms with van der Waals surface area (Å²) in [7, 11) is 4.04. The molecule has 5 heteroatoms. The molecule has 0 spiro atoms. The largest absolute Gasteiger partial charge is 0.480 e. The second kappa shape index (κ2) is 5.44. The van der Waals surface area contributed by atoms with E-state index in [2.05, 4.69) is 11.9 Å². The minimum Gasteiger partial charge on any atom is -0.480 e. The number of hydrogen-bond acceptors (Lipinski definition) is 4. The van der Waals surface area contributed by atoms with Crippen LogP contribution in [0.25, 0.3) is 0 Å². The van der Waals surface area contributed by atoms with E-state index in [1.54, 1.807) is 0 Å². The molecule has 0 amide bonds. The van der Waals surface area contributed by atoms with Crippen LogP contribution in [0, 0.1) is 0 Å². The summed E-state index contributed by atoms with van der Waals surface area (Å²) < 4.78 is 0. The molecule has 0 aromatic carbocycles. The van der Waals surface area contributed by atoms with Crippen LogP contribution in [0.1, 0.15) is 12.8 Å². The molecule has 2 unspecified atom stereocenters. The van der Waals surface area contributed by atoms with E-state index < -0.39 is 12.0 Å². The smallest absolute Gasteiger partial charge is 0.321 e. The molecule has 1 rings (SSSR count). The molecule has 3 N–H and O–H groups in total. The van der Waals surface area contributed by atoms with Gasteiger partial charge in [-0.05, 0) is 33.5 Å². The maximum Gasteiger partial charge on any atom is 0.321 e. The first-order chi connectivity index (χ1) is 7.00. The van der Waals surface area contributed by atoms with E-state index in [4.69, 9.17) is 10.8 Å². The first-order valence-corrected chi connectivity index (χ1v) is 5.38. The summed E-state index contributed by atoms with van der Waals surface area (Å²) >= 11 is 0. The van der Waals surface area contributed by atoms with Crippen LogP contribution in [0.3, 0.4) is 0 Å². The second-order valence-electron chi connectivity index (χ2n) is 4.44. The van der Waals surface area contributed by atoms with Crippen molar-refractivity contribution in [2.24, 2.45) is 5.73 Å². The van der Waals surface area contributed by atoms with Crippen molar-refractivity contribution in [3.8, 4) is 0 Å². The van der Waals surface area contributed by atoms with Crippen molar-refractivity contribution < 1.29 is 9.90 Å². The fourth-order valence-corrected chi connectivity index (χ4v) is 2.06. The van der Waals surface area contributed by atoms with Crippen LogP contribution in [0.15, 0.2) is 0 Å². The monoisotopic (exact) mass is 215 g/mol. The Kier molecular flexibility index (Phi) is 4.50. The zero-order valence-electron chi connectivity index (χ0n) is 9.52. The summed E-state index contributed by atoms with van der Waals surface area (Å²) in [5.41, 5.74) is 5.47. The van der Waals surface area contributed by atoms with Crippen molar-refractivity contribution in [2.45, 2.75) is 24.9 Å². The molecule has 1 heterocycles. The van der Waals surface area contributed by atoms with Crippen molar-refractivity contribution in [2.75, 3.05) is 33.7 Å². The highest BCUT2D eigenvalue weighted by Gasteiger charge is 2.23. The number of carbonyl (C=O) groups is 1. The van der Waals surface area contributed by atoms with Crippen molar-refractivity contribution in [3.05, 3.63) is 0 Å². The normalized spacial score (nSPS) is 24.7. The Bertz CT molecular complexity index is 223. The predicted octanol–water partition coefficient (Wildman–Crippen LogP) is -0.576. The third kappa shape index (κ3) is 3.77. The molecule has 0 aliphatic carbocycles. The molecule has 15 heavy (non-hydrogen) atoms. The van der Waals surface area contributed by atoms with E-state index in [0.29, 0.717) is 12.6 Å². The van der Waals surface area contributed by atoms with Gasteiger partial charge < -0.3 is 20.6 Å². The number of likely N-dealkylation sites (tertiary alicyclic amines) is 1. The highest BCUT2D eigenvalue weighted by Crippen LogP contribution is 2.15. The molecule has 1 aliphatic heterocycles. The zero-order chi connectivity index (χ0) is 11.4. The number of carboxylic acid groups (broad SMARTS) is 1. The molecule has 1 fully saturated rings. The van der Waals surface area contributed by atoms with E-state index in [1.807, 2.05) is 11.9 Å². The highest BCUT2D eigenvalue weighted by molar-refractivity contribution is 5.73. The minimum atomic E-state index is -0.929. The Morgan fingerprint density at radius 3 is 2.87 bits per heavy atom. The topological polar surface area (TPSA) is 69.8 Å². The number of carboxylic acids is 1. The van der Waals surface area contributed by atoms with Gasteiger partial charge in [-0.3, -0.25) is 4.79 Å². The lowest BCUT2D eigenvalue weighted by molar-refractivity contribution is -0.138. The first-order valence-electron chi connectivity index (χ1n) is 5.38. The third-order valence-corrected chi connectivity index (χ3v) is 3.02. The molecule has 0 aromatic heterocycles. The van der Waals surface area contributed by atoms with E-state index >= 15 is 0 Å². The highest BCUT2D eigenvalue weighted by atomic mass is 16.4. The van der Waals surface area contributed by atoms with Gasteiger partial charge in [-0.1, -0.05) is 0 Å². The van der Waals surface area contributed by atoms with E-state index in [0.717, 1.165) is 13.1 Å². The van der Waals surface area contributed by atoms with Gasteiger partial charge in [-0.15, -0.1) is 0 Å². The van der Waals surface area contributed by atoms with Crippen LogP contribution in [0.5, 0.6) is 0 Å². The molecular formula is C10H21N3O2. The quantitative estimate of drug-likeness (QED) is 0.642. The van der Waals surface area contributed by atoms with Gasteiger partial charge in [-0.25, -0.2) is 0 Å². The molecule has 1 aliphatic rings. The SMILES string of the molecule is CN(CC(N)C(=O)O)CC1CCCN1C. The lowest BCUT2D eigenvalue weighted by atomic mass is 10.2. The number of nitrogens with zero attached hydrogens (tertiary/aromatic N) is 2. The average molecular weight is 215 g/mol. The Morgan fingerprint density at radius 2 is 2.40 bits per heavy atom. The van der Waals surface area contributed by atoms with Crippen molar-refractivity contribution >= 4 is 5.97 Å². The van der Waals surface area contributed by atoms with Crippen molar-refractivity contribution in [1.82, 2.24) is 9.80 Å². The van der Waals surface area contributed by atoms with Crippen molar-refractivity contribution in [1.29, 1.82) is 0 Å². The Hall–Kier alpha value is -0.650. The van der Waals surface area contributed by atoms with E-state index in [1.165, 1.54) is 12.8 Å². The Labute approximate surface area is 90.8 Å². The van der Waals surface area contributed by atoms with Crippen LogP contribution in [-0.2, 0) is 4.79 Å².